The molecule has 28 heavy (non-hydrogen) atoms. The number of halogens is 1. The molecule has 8 heteroatoms. The lowest BCUT2D eigenvalue weighted by Crippen LogP contribution is -2.30. The van der Waals surface area contributed by atoms with E-state index in [-0.39, 0.29) is 10.6 Å². The summed E-state index contributed by atoms with van der Waals surface area (Å²) in [6.45, 7) is 2.38. The van der Waals surface area contributed by atoms with Gasteiger partial charge in [-0.1, -0.05) is 11.6 Å². The lowest BCUT2D eigenvalue weighted by atomic mass is 10.2. The molecule has 1 N–H and O–H groups in total. The number of carbonyl (C=O) groups is 2. The van der Waals surface area contributed by atoms with Crippen LogP contribution in [0.2, 0.25) is 5.02 Å². The number of nitrogens with zero attached hydrogens (tertiary/aromatic N) is 1. The molecule has 0 aromatic heterocycles. The van der Waals surface area contributed by atoms with Crippen LogP contribution in [0.3, 0.4) is 0 Å². The number of anilines is 1. The van der Waals surface area contributed by atoms with E-state index in [0.29, 0.717) is 42.4 Å². The molecular weight excluding hydrogens is 384 g/mol. The summed E-state index contributed by atoms with van der Waals surface area (Å²) in [6.07, 6.45) is -0.338. The quantitative estimate of drug-likeness (QED) is 0.788. The highest BCUT2D eigenvalue weighted by atomic mass is 35.5. The SMILES string of the molecule is C[C@H](OC(=O)c1cc(Cl)c2c(c1)OCCCO2)C(=O)Nc1ccc(C#N)cc1. The highest BCUT2D eigenvalue weighted by Gasteiger charge is 2.23. The molecule has 0 unspecified atom stereocenters. The van der Waals surface area contributed by atoms with Gasteiger partial charge in [0.2, 0.25) is 0 Å². The molecule has 0 fully saturated rings. The fourth-order valence-electron chi connectivity index (χ4n) is 2.50. The predicted molar refractivity (Wildman–Crippen MR) is 102 cm³/mol. The van der Waals surface area contributed by atoms with E-state index in [2.05, 4.69) is 5.32 Å². The van der Waals surface area contributed by atoms with Crippen molar-refractivity contribution in [1.29, 1.82) is 5.26 Å². The molecule has 3 rings (SSSR count). The first kappa shape index (κ1) is 19.5. The summed E-state index contributed by atoms with van der Waals surface area (Å²) in [5, 5.41) is 11.7. The van der Waals surface area contributed by atoms with Gasteiger partial charge in [0.05, 0.1) is 35.4 Å². The highest BCUT2D eigenvalue weighted by molar-refractivity contribution is 6.32. The summed E-state index contributed by atoms with van der Waals surface area (Å²) in [6, 6.07) is 11.2. The number of nitriles is 1. The molecule has 1 amide bonds. The lowest BCUT2D eigenvalue weighted by molar-refractivity contribution is -0.123. The first-order chi connectivity index (χ1) is 13.5. The number of benzene rings is 2. The third kappa shape index (κ3) is 4.53. The first-order valence-corrected chi connectivity index (χ1v) is 8.97. The van der Waals surface area contributed by atoms with Gasteiger partial charge < -0.3 is 19.5 Å². The van der Waals surface area contributed by atoms with Gasteiger partial charge in [-0.15, -0.1) is 0 Å². The molecule has 0 saturated carbocycles. The average molecular weight is 401 g/mol. The molecule has 0 bridgehead atoms. The second-order valence-corrected chi connectivity index (χ2v) is 6.47. The maximum Gasteiger partial charge on any atom is 0.339 e. The van der Waals surface area contributed by atoms with Crippen molar-refractivity contribution in [2.24, 2.45) is 0 Å². The third-order valence-corrected chi connectivity index (χ3v) is 4.25. The van der Waals surface area contributed by atoms with E-state index >= 15 is 0 Å². The minimum Gasteiger partial charge on any atom is -0.489 e. The summed E-state index contributed by atoms with van der Waals surface area (Å²) in [5.74, 6) is -0.451. The van der Waals surface area contributed by atoms with Crippen molar-refractivity contribution in [3.63, 3.8) is 0 Å². The van der Waals surface area contributed by atoms with Gasteiger partial charge >= 0.3 is 5.97 Å². The Bertz CT molecular complexity index is 937. The Morgan fingerprint density at radius 2 is 1.93 bits per heavy atom. The standard InChI is InChI=1S/C20H17ClN2O5/c1-12(19(24)23-15-5-3-13(11-22)4-6-15)28-20(25)14-9-16(21)18-17(10-14)26-7-2-8-27-18/h3-6,9-10,12H,2,7-8H2,1H3,(H,23,24)/t12-/m0/s1. The van der Waals surface area contributed by atoms with Crippen LogP contribution in [0.4, 0.5) is 5.69 Å². The molecule has 2 aromatic rings. The Kier molecular flexibility index (Phi) is 6.02. The molecule has 1 aliphatic heterocycles. The van der Waals surface area contributed by atoms with Crippen LogP contribution in [-0.4, -0.2) is 31.2 Å². The maximum absolute atomic E-state index is 12.4. The van der Waals surface area contributed by atoms with Crippen LogP contribution >= 0.6 is 11.6 Å². The number of esters is 1. The molecule has 1 heterocycles. The molecule has 144 valence electrons. The number of amides is 1. The largest absolute Gasteiger partial charge is 0.489 e. The van der Waals surface area contributed by atoms with Gasteiger partial charge in [-0.05, 0) is 43.3 Å². The van der Waals surface area contributed by atoms with Crippen LogP contribution in [-0.2, 0) is 9.53 Å². The minimum absolute atomic E-state index is 0.160. The normalized spacial score (nSPS) is 13.6. The Labute approximate surface area is 166 Å². The number of rotatable bonds is 4. The van der Waals surface area contributed by atoms with E-state index < -0.39 is 18.0 Å². The lowest BCUT2D eigenvalue weighted by Gasteiger charge is -2.15. The second-order valence-electron chi connectivity index (χ2n) is 6.06. The molecule has 2 aromatic carbocycles. The molecule has 0 spiro atoms. The maximum atomic E-state index is 12.4. The number of ether oxygens (including phenoxy) is 3. The van der Waals surface area contributed by atoms with Gasteiger partial charge in [0.15, 0.2) is 17.6 Å². The van der Waals surface area contributed by atoms with Crippen LogP contribution in [0.15, 0.2) is 36.4 Å². The van der Waals surface area contributed by atoms with Gasteiger partial charge in [0.25, 0.3) is 5.91 Å². The van der Waals surface area contributed by atoms with Crippen molar-refractivity contribution in [2.45, 2.75) is 19.4 Å². The van der Waals surface area contributed by atoms with Crippen molar-refractivity contribution in [1.82, 2.24) is 0 Å². The van der Waals surface area contributed by atoms with E-state index in [9.17, 15) is 9.59 Å². The highest BCUT2D eigenvalue weighted by Crippen LogP contribution is 2.38. The topological polar surface area (TPSA) is 97.7 Å². The zero-order chi connectivity index (χ0) is 20.1. The van der Waals surface area contributed by atoms with Gasteiger partial charge in [0.1, 0.15) is 0 Å². The van der Waals surface area contributed by atoms with Crippen molar-refractivity contribution in [3.8, 4) is 17.6 Å². The number of hydrogen-bond donors (Lipinski definition) is 1. The fourth-order valence-corrected chi connectivity index (χ4v) is 2.77. The van der Waals surface area contributed by atoms with Crippen LogP contribution in [0.5, 0.6) is 11.5 Å². The van der Waals surface area contributed by atoms with Crippen molar-refractivity contribution >= 4 is 29.2 Å². The van der Waals surface area contributed by atoms with E-state index in [0.717, 1.165) is 0 Å². The summed E-state index contributed by atoms with van der Waals surface area (Å²) in [7, 11) is 0. The summed E-state index contributed by atoms with van der Waals surface area (Å²) in [5.41, 5.74) is 1.13. The third-order valence-electron chi connectivity index (χ3n) is 3.97. The number of nitrogens with one attached hydrogen (secondary N) is 1. The Hall–Kier alpha value is -3.24. The van der Waals surface area contributed by atoms with E-state index in [1.165, 1.54) is 19.1 Å². The average Bonchev–Trinajstić information content (AvgIpc) is 2.94. The van der Waals surface area contributed by atoms with E-state index in [1.807, 2.05) is 6.07 Å². The number of fused-ring (bicyclic) bond motifs is 1. The van der Waals surface area contributed by atoms with Crippen LogP contribution in [0, 0.1) is 11.3 Å². The number of hydrogen-bond acceptors (Lipinski definition) is 6. The molecule has 0 saturated heterocycles. The minimum atomic E-state index is -1.04. The van der Waals surface area contributed by atoms with Crippen molar-refractivity contribution < 1.29 is 23.8 Å². The molecule has 1 aliphatic rings. The van der Waals surface area contributed by atoms with Gasteiger partial charge in [-0.2, -0.15) is 5.26 Å². The smallest absolute Gasteiger partial charge is 0.339 e. The molecule has 0 aliphatic carbocycles. The van der Waals surface area contributed by atoms with Crippen LogP contribution in [0.25, 0.3) is 0 Å². The van der Waals surface area contributed by atoms with Crippen molar-refractivity contribution in [3.05, 3.63) is 52.5 Å². The van der Waals surface area contributed by atoms with Crippen molar-refractivity contribution in [2.75, 3.05) is 18.5 Å². The number of carbonyl (C=O) groups excluding carboxylic acids is 2. The molecule has 0 radical (unpaired) electrons. The Morgan fingerprint density at radius 1 is 1.21 bits per heavy atom. The van der Waals surface area contributed by atoms with Crippen LogP contribution in [0.1, 0.15) is 29.3 Å². The monoisotopic (exact) mass is 400 g/mol. The Morgan fingerprint density at radius 3 is 2.64 bits per heavy atom. The second kappa shape index (κ2) is 8.63. The predicted octanol–water partition coefficient (Wildman–Crippen LogP) is 3.56. The van der Waals surface area contributed by atoms with Gasteiger partial charge in [0, 0.05) is 12.1 Å². The molecule has 1 atom stereocenters. The van der Waals surface area contributed by atoms with E-state index in [1.54, 1.807) is 24.3 Å². The van der Waals surface area contributed by atoms with Gasteiger partial charge in [-0.3, -0.25) is 4.79 Å². The van der Waals surface area contributed by atoms with Crippen LogP contribution < -0.4 is 14.8 Å². The fraction of sp³-hybridized carbons (Fsp3) is 0.250. The zero-order valence-electron chi connectivity index (χ0n) is 15.0. The van der Waals surface area contributed by atoms with E-state index in [4.69, 9.17) is 31.1 Å². The summed E-state index contributed by atoms with van der Waals surface area (Å²) < 4.78 is 16.3. The molecule has 7 nitrogen and oxygen atoms in total. The van der Waals surface area contributed by atoms with Gasteiger partial charge in [-0.25, -0.2) is 4.79 Å². The first-order valence-electron chi connectivity index (χ1n) is 8.59. The summed E-state index contributed by atoms with van der Waals surface area (Å²) in [4.78, 5) is 24.7. The Balaban J connectivity index is 1.66. The zero-order valence-corrected chi connectivity index (χ0v) is 15.8. The summed E-state index contributed by atoms with van der Waals surface area (Å²) >= 11 is 6.18. The molecular formula is C20H17ClN2O5.